The molecule has 8 aromatic rings. The van der Waals surface area contributed by atoms with Crippen LogP contribution in [-0.4, -0.2) is 21.2 Å². The van der Waals surface area contributed by atoms with Gasteiger partial charge in [-0.05, 0) is 52.6 Å². The molecule has 2 aromatic heterocycles. The van der Waals surface area contributed by atoms with Gasteiger partial charge in [-0.15, -0.1) is 0 Å². The van der Waals surface area contributed by atoms with Crippen LogP contribution >= 0.6 is 0 Å². The van der Waals surface area contributed by atoms with Crippen LogP contribution in [0.3, 0.4) is 0 Å². The van der Waals surface area contributed by atoms with Gasteiger partial charge < -0.3 is 5.73 Å². The van der Waals surface area contributed by atoms with E-state index in [9.17, 15) is 0 Å². The van der Waals surface area contributed by atoms with Crippen LogP contribution in [0, 0.1) is 12.3 Å². The Kier molecular flexibility index (Phi) is 8.10. The summed E-state index contributed by atoms with van der Waals surface area (Å²) in [6, 6.07) is 53.4. The number of nitrogens with zero attached hydrogens (tertiary/aromatic N) is 3. The molecule has 0 saturated carbocycles. The molecule has 2 heterocycles. The molecule has 5 heteroatoms. The fraction of sp³-hybridized carbons (Fsp3) is 0.0238. The number of aryl methyl sites for hydroxylation is 1. The summed E-state index contributed by atoms with van der Waals surface area (Å²) in [4.78, 5) is 8.86. The number of benzene rings is 6. The molecule has 0 amide bonds. The normalized spacial score (nSPS) is 11.4. The van der Waals surface area contributed by atoms with Crippen molar-refractivity contribution in [2.45, 2.75) is 6.92 Å². The highest BCUT2D eigenvalue weighted by Crippen LogP contribution is 2.38. The van der Waals surface area contributed by atoms with Crippen molar-refractivity contribution < 1.29 is 0 Å². The molecule has 8 rings (SSSR count). The van der Waals surface area contributed by atoms with Crippen LogP contribution in [-0.2, 0) is 0 Å². The number of hydrogen-bond acceptors (Lipinski definition) is 2. The molecular formula is C42H33N5. The van der Waals surface area contributed by atoms with Crippen LogP contribution in [0.5, 0.6) is 0 Å². The molecule has 0 spiro atoms. The van der Waals surface area contributed by atoms with Crippen LogP contribution in [0.1, 0.15) is 16.7 Å². The van der Waals surface area contributed by atoms with Crippen LogP contribution in [0.15, 0.2) is 169 Å². The first-order valence-electron chi connectivity index (χ1n) is 15.5. The van der Waals surface area contributed by atoms with Gasteiger partial charge >= 0.3 is 0 Å². The SMILES string of the molecule is Cc1ccc(-n2c3cc(-c4ccccc4)ccc3c3c4ccccc4ccc32)nc1.N=C(N=C(N)c1ccccc1)c1ccccc1. The average molecular weight is 608 g/mol. The van der Waals surface area contributed by atoms with Crippen LogP contribution in [0.2, 0.25) is 0 Å². The summed E-state index contributed by atoms with van der Waals surface area (Å²) in [5.74, 6) is 1.48. The number of aliphatic imine (C=N–C) groups is 1. The summed E-state index contributed by atoms with van der Waals surface area (Å²) in [6.07, 6.45) is 1.94. The lowest BCUT2D eigenvalue weighted by Crippen LogP contribution is -2.15. The molecule has 5 nitrogen and oxygen atoms in total. The van der Waals surface area contributed by atoms with Crippen LogP contribution < -0.4 is 5.73 Å². The third-order valence-corrected chi connectivity index (χ3v) is 8.24. The van der Waals surface area contributed by atoms with Gasteiger partial charge in [0, 0.05) is 28.1 Å². The number of nitrogens with one attached hydrogen (secondary N) is 1. The molecule has 47 heavy (non-hydrogen) atoms. The molecule has 0 aliphatic rings. The Bertz CT molecular complexity index is 2360. The van der Waals surface area contributed by atoms with Gasteiger partial charge in [0.1, 0.15) is 11.7 Å². The summed E-state index contributed by atoms with van der Waals surface area (Å²) in [6.45, 7) is 2.07. The van der Waals surface area contributed by atoms with E-state index in [2.05, 4.69) is 114 Å². The Morgan fingerprint density at radius 1 is 0.617 bits per heavy atom. The molecule has 0 bridgehead atoms. The lowest BCUT2D eigenvalue weighted by atomic mass is 10.0. The molecule has 3 N–H and O–H groups in total. The van der Waals surface area contributed by atoms with Crippen LogP contribution in [0.4, 0.5) is 0 Å². The van der Waals surface area contributed by atoms with E-state index in [0.717, 1.165) is 22.5 Å². The van der Waals surface area contributed by atoms with E-state index >= 15 is 0 Å². The zero-order valence-corrected chi connectivity index (χ0v) is 26.0. The predicted molar refractivity (Wildman–Crippen MR) is 197 cm³/mol. The number of pyridine rings is 1. The maximum atomic E-state index is 7.84. The van der Waals surface area contributed by atoms with Gasteiger partial charge in [-0.2, -0.15) is 0 Å². The second kappa shape index (κ2) is 13.0. The third kappa shape index (κ3) is 6.02. The van der Waals surface area contributed by atoms with Gasteiger partial charge in [0.15, 0.2) is 5.84 Å². The van der Waals surface area contributed by atoms with Crippen LogP contribution in [0.25, 0.3) is 49.5 Å². The minimum atomic E-state index is 0.173. The van der Waals surface area contributed by atoms with E-state index in [4.69, 9.17) is 16.1 Å². The van der Waals surface area contributed by atoms with E-state index in [1.807, 2.05) is 66.9 Å². The summed E-state index contributed by atoms with van der Waals surface area (Å²) in [5.41, 5.74) is 13.4. The number of amidine groups is 2. The maximum Gasteiger partial charge on any atom is 0.154 e. The minimum Gasteiger partial charge on any atom is -0.383 e. The molecule has 0 fully saturated rings. The standard InChI is InChI=1S/C28H20N2.C14H13N3/c1-19-11-16-27(29-18-19)30-25-15-13-21-9-5-6-10-23(21)28(25)24-14-12-22(17-26(24)30)20-7-3-2-4-8-20;15-13(11-7-3-1-4-8-11)17-14(16)12-9-5-2-6-10-12/h2-18H,1H3;1-10H,(H3,15,16,17). The highest BCUT2D eigenvalue weighted by atomic mass is 15.1. The van der Waals surface area contributed by atoms with Crippen molar-refractivity contribution in [1.82, 2.24) is 9.55 Å². The first-order chi connectivity index (χ1) is 23.1. The largest absolute Gasteiger partial charge is 0.383 e. The van der Waals surface area contributed by atoms with Crippen molar-refractivity contribution in [1.29, 1.82) is 5.41 Å². The zero-order valence-electron chi connectivity index (χ0n) is 26.0. The topological polar surface area (TPSA) is 80.0 Å². The number of hydrogen-bond donors (Lipinski definition) is 2. The van der Waals surface area contributed by atoms with Gasteiger partial charge in [0.25, 0.3) is 0 Å². The van der Waals surface area contributed by atoms with Crippen molar-refractivity contribution in [3.8, 4) is 16.9 Å². The molecule has 0 radical (unpaired) electrons. The van der Waals surface area contributed by atoms with E-state index < -0.39 is 0 Å². The lowest BCUT2D eigenvalue weighted by Gasteiger charge is -2.08. The molecule has 0 unspecified atom stereocenters. The van der Waals surface area contributed by atoms with Gasteiger partial charge in [-0.3, -0.25) is 9.98 Å². The van der Waals surface area contributed by atoms with E-state index in [-0.39, 0.29) is 5.84 Å². The molecule has 226 valence electrons. The first kappa shape index (κ1) is 29.4. The summed E-state index contributed by atoms with van der Waals surface area (Å²) in [5, 5.41) is 12.9. The first-order valence-corrected chi connectivity index (χ1v) is 15.5. The van der Waals surface area contributed by atoms with Gasteiger partial charge in [0.2, 0.25) is 0 Å². The van der Waals surface area contributed by atoms with Gasteiger partial charge in [-0.1, -0.05) is 140 Å². The molecule has 6 aromatic carbocycles. The minimum absolute atomic E-state index is 0.173. The Labute approximate surface area is 273 Å². The quantitative estimate of drug-likeness (QED) is 0.154. The lowest BCUT2D eigenvalue weighted by molar-refractivity contribution is 1.07. The van der Waals surface area contributed by atoms with Crippen molar-refractivity contribution in [3.05, 3.63) is 181 Å². The predicted octanol–water partition coefficient (Wildman–Crippen LogP) is 9.72. The Hall–Kier alpha value is -6.33. The fourth-order valence-corrected chi connectivity index (χ4v) is 5.89. The highest BCUT2D eigenvalue weighted by molar-refractivity contribution is 6.21. The summed E-state index contributed by atoms with van der Waals surface area (Å²) < 4.78 is 2.29. The Morgan fingerprint density at radius 2 is 1.28 bits per heavy atom. The molecule has 0 aliphatic heterocycles. The number of rotatable bonds is 4. The second-order valence-electron chi connectivity index (χ2n) is 11.4. The molecule has 0 saturated heterocycles. The smallest absolute Gasteiger partial charge is 0.154 e. The van der Waals surface area contributed by atoms with Gasteiger partial charge in [0.05, 0.1) is 11.0 Å². The fourth-order valence-electron chi connectivity index (χ4n) is 5.89. The summed E-state index contributed by atoms with van der Waals surface area (Å²) in [7, 11) is 0. The van der Waals surface area contributed by atoms with E-state index in [1.54, 1.807) is 0 Å². The van der Waals surface area contributed by atoms with Gasteiger partial charge in [-0.25, -0.2) is 9.98 Å². The monoisotopic (exact) mass is 607 g/mol. The van der Waals surface area contributed by atoms with E-state index in [0.29, 0.717) is 5.84 Å². The second-order valence-corrected chi connectivity index (χ2v) is 11.4. The zero-order chi connectivity index (χ0) is 32.2. The number of aromatic nitrogens is 2. The van der Waals surface area contributed by atoms with Crippen molar-refractivity contribution in [2.75, 3.05) is 0 Å². The van der Waals surface area contributed by atoms with E-state index in [1.165, 1.54) is 43.7 Å². The molecule has 0 atom stereocenters. The number of nitrogens with two attached hydrogens (primary N) is 1. The Morgan fingerprint density at radius 3 is 1.98 bits per heavy atom. The molecular weight excluding hydrogens is 574 g/mol. The van der Waals surface area contributed by atoms with Crippen molar-refractivity contribution in [3.63, 3.8) is 0 Å². The van der Waals surface area contributed by atoms with Crippen molar-refractivity contribution in [2.24, 2.45) is 10.7 Å². The summed E-state index contributed by atoms with van der Waals surface area (Å²) >= 11 is 0. The third-order valence-electron chi connectivity index (χ3n) is 8.24. The Balaban J connectivity index is 0.000000176. The average Bonchev–Trinajstić information content (AvgIpc) is 3.47. The van der Waals surface area contributed by atoms with Crippen molar-refractivity contribution >= 4 is 44.2 Å². The maximum absolute atomic E-state index is 7.84. The molecule has 0 aliphatic carbocycles. The number of fused-ring (bicyclic) bond motifs is 5. The highest BCUT2D eigenvalue weighted by Gasteiger charge is 2.16.